The first kappa shape index (κ1) is 38.1. The van der Waals surface area contributed by atoms with Crippen LogP contribution < -0.4 is 15.4 Å². The number of carbonyl (C=O) groups excluding carboxylic acids is 5. The molecule has 3 atom stereocenters. The SMILES string of the molecule is [CH]c1ccc(OC(CC)C(=O)Nc2ccc(Cl)c(NC(=O)C(C(=O)C(C)(C)C)N3C(=O)C(OCC)N(Cc4ccccc4)C3=O)c2)c(CC)c1. The van der Waals surface area contributed by atoms with E-state index in [0.717, 1.165) is 11.1 Å². The molecule has 11 nitrogen and oxygen atoms in total. The van der Waals surface area contributed by atoms with Gasteiger partial charge in [0.2, 0.25) is 6.23 Å². The van der Waals surface area contributed by atoms with Gasteiger partial charge in [-0.1, -0.05) is 88.7 Å². The standard InChI is InChI=1S/C38H43ClN4O7/c1-8-25-20-23(4)16-19-30(25)50-29(9-2)33(45)40-26-17-18-27(39)28(21-26)41-34(46)31(32(44)38(5,6)7)43-35(47)36(49-10-3)42(37(43)48)22-24-14-12-11-13-15-24/h4,11-21,29,31,36H,8-10,22H2,1-3,5-7H3,(H,40,45)(H,41,46). The molecular weight excluding hydrogens is 660 g/mol. The molecule has 2 radical (unpaired) electrons. The van der Waals surface area contributed by atoms with Gasteiger partial charge in [-0.05, 0) is 67.6 Å². The number of halogens is 1. The summed E-state index contributed by atoms with van der Waals surface area (Å²) in [4.78, 5) is 70.7. The third-order valence-electron chi connectivity index (χ3n) is 8.09. The summed E-state index contributed by atoms with van der Waals surface area (Å²) in [6, 6.07) is 15.9. The molecule has 1 aliphatic heterocycles. The second-order valence-electron chi connectivity index (χ2n) is 12.8. The van der Waals surface area contributed by atoms with Gasteiger partial charge < -0.3 is 20.1 Å². The molecule has 12 heteroatoms. The van der Waals surface area contributed by atoms with Crippen LogP contribution in [0, 0.1) is 12.3 Å². The predicted octanol–water partition coefficient (Wildman–Crippen LogP) is 6.51. The molecule has 0 aromatic heterocycles. The Hall–Kier alpha value is -4.74. The summed E-state index contributed by atoms with van der Waals surface area (Å²) >= 11 is 6.47. The maximum atomic E-state index is 14.0. The number of anilines is 2. The summed E-state index contributed by atoms with van der Waals surface area (Å²) in [6.45, 7) is 16.2. The molecule has 4 rings (SSSR count). The van der Waals surface area contributed by atoms with E-state index in [4.69, 9.17) is 28.0 Å². The molecular formula is C38H43ClN4O7. The third kappa shape index (κ3) is 8.70. The highest BCUT2D eigenvalue weighted by atomic mass is 35.5. The maximum Gasteiger partial charge on any atom is 0.330 e. The predicted molar refractivity (Wildman–Crippen MR) is 191 cm³/mol. The summed E-state index contributed by atoms with van der Waals surface area (Å²) in [7, 11) is 0. The van der Waals surface area contributed by atoms with Crippen LogP contribution in [-0.4, -0.2) is 64.3 Å². The first-order valence-corrected chi connectivity index (χ1v) is 16.9. The number of Topliss-reactive ketones (excluding diaryl/α,β-unsaturated/α-hetero) is 1. The number of carbonyl (C=O) groups is 5. The number of amides is 5. The fourth-order valence-corrected chi connectivity index (χ4v) is 5.59. The van der Waals surface area contributed by atoms with Gasteiger partial charge in [-0.15, -0.1) is 0 Å². The summed E-state index contributed by atoms with van der Waals surface area (Å²) in [6.07, 6.45) is -1.18. The first-order chi connectivity index (χ1) is 23.7. The fourth-order valence-electron chi connectivity index (χ4n) is 5.43. The summed E-state index contributed by atoms with van der Waals surface area (Å²) in [5, 5.41) is 5.50. The lowest BCUT2D eigenvalue weighted by Crippen LogP contribution is -2.55. The van der Waals surface area contributed by atoms with E-state index < -0.39 is 53.3 Å². The molecule has 3 unspecified atom stereocenters. The molecule has 0 aliphatic carbocycles. The van der Waals surface area contributed by atoms with E-state index in [1.165, 1.54) is 17.0 Å². The van der Waals surface area contributed by atoms with Crippen molar-refractivity contribution < 1.29 is 33.4 Å². The van der Waals surface area contributed by atoms with Gasteiger partial charge in [-0.2, -0.15) is 0 Å². The molecule has 264 valence electrons. The molecule has 0 saturated carbocycles. The lowest BCUT2D eigenvalue weighted by molar-refractivity contribution is -0.149. The zero-order chi connectivity index (χ0) is 36.7. The minimum Gasteiger partial charge on any atom is -0.480 e. The normalized spacial score (nSPS) is 15.9. The van der Waals surface area contributed by atoms with Crippen LogP contribution in [0.15, 0.2) is 66.7 Å². The molecule has 3 aromatic rings. The number of hydrogen-bond donors (Lipinski definition) is 2. The Balaban J connectivity index is 1.60. The van der Waals surface area contributed by atoms with Crippen LogP contribution in [0.5, 0.6) is 5.75 Å². The van der Waals surface area contributed by atoms with E-state index in [-0.39, 0.29) is 29.5 Å². The van der Waals surface area contributed by atoms with Gasteiger partial charge in [-0.25, -0.2) is 9.69 Å². The summed E-state index contributed by atoms with van der Waals surface area (Å²) < 4.78 is 11.7. The highest BCUT2D eigenvalue weighted by molar-refractivity contribution is 6.34. The molecule has 2 N–H and O–H groups in total. The Morgan fingerprint density at radius 3 is 2.26 bits per heavy atom. The minimum absolute atomic E-state index is 0.0127. The van der Waals surface area contributed by atoms with Crippen molar-refractivity contribution in [3.05, 3.63) is 95.4 Å². The summed E-state index contributed by atoms with van der Waals surface area (Å²) in [5.74, 6) is -2.37. The van der Waals surface area contributed by atoms with E-state index in [1.807, 2.05) is 19.9 Å². The quantitative estimate of drug-likeness (QED) is 0.145. The number of urea groups is 1. The Morgan fingerprint density at radius 2 is 1.64 bits per heavy atom. The molecule has 50 heavy (non-hydrogen) atoms. The number of ketones is 1. The number of nitrogens with one attached hydrogen (secondary N) is 2. The average Bonchev–Trinajstić information content (AvgIpc) is 3.29. The fraction of sp³-hybridized carbons (Fsp3) is 0.368. The second-order valence-corrected chi connectivity index (χ2v) is 13.2. The van der Waals surface area contributed by atoms with E-state index in [2.05, 4.69) is 10.6 Å². The van der Waals surface area contributed by atoms with Gasteiger partial charge in [0.25, 0.3) is 17.7 Å². The van der Waals surface area contributed by atoms with Crippen molar-refractivity contribution >= 4 is 52.5 Å². The van der Waals surface area contributed by atoms with Gasteiger partial charge in [-0.3, -0.25) is 24.1 Å². The summed E-state index contributed by atoms with van der Waals surface area (Å²) in [5.41, 5.74) is 1.37. The molecule has 1 fully saturated rings. The number of hydrogen-bond acceptors (Lipinski definition) is 7. The molecule has 5 amide bonds. The van der Waals surface area contributed by atoms with Gasteiger partial charge in [0, 0.05) is 17.7 Å². The van der Waals surface area contributed by atoms with Crippen LogP contribution in [0.4, 0.5) is 16.2 Å². The van der Waals surface area contributed by atoms with Crippen molar-refractivity contribution in [2.75, 3.05) is 17.2 Å². The molecule has 3 aromatic carbocycles. The number of aryl methyl sites for hydroxylation is 1. The molecule has 1 heterocycles. The van der Waals surface area contributed by atoms with Crippen molar-refractivity contribution in [1.29, 1.82) is 0 Å². The Labute approximate surface area is 298 Å². The van der Waals surface area contributed by atoms with Crippen molar-refractivity contribution in [3.63, 3.8) is 0 Å². The number of rotatable bonds is 14. The Morgan fingerprint density at radius 1 is 0.940 bits per heavy atom. The average molecular weight is 703 g/mol. The van der Waals surface area contributed by atoms with Crippen LogP contribution in [0.25, 0.3) is 0 Å². The second kappa shape index (κ2) is 16.3. The highest BCUT2D eigenvalue weighted by Crippen LogP contribution is 2.31. The molecule has 1 saturated heterocycles. The van der Waals surface area contributed by atoms with Crippen LogP contribution in [0.3, 0.4) is 0 Å². The minimum atomic E-state index is -1.85. The lowest BCUT2D eigenvalue weighted by atomic mass is 9.85. The van der Waals surface area contributed by atoms with E-state index in [9.17, 15) is 24.0 Å². The number of nitrogens with zero attached hydrogens (tertiary/aromatic N) is 2. The van der Waals surface area contributed by atoms with Crippen LogP contribution >= 0.6 is 11.6 Å². The van der Waals surface area contributed by atoms with Gasteiger partial charge in [0.1, 0.15) is 5.75 Å². The van der Waals surface area contributed by atoms with Crippen LogP contribution in [0.1, 0.15) is 64.7 Å². The van der Waals surface area contributed by atoms with Crippen LogP contribution in [0.2, 0.25) is 5.02 Å². The number of ether oxygens (including phenoxy) is 2. The Kier molecular flexibility index (Phi) is 12.4. The Bertz CT molecular complexity index is 1740. The van der Waals surface area contributed by atoms with Crippen LogP contribution in [-0.2, 0) is 36.9 Å². The third-order valence-corrected chi connectivity index (χ3v) is 8.42. The van der Waals surface area contributed by atoms with Crippen molar-refractivity contribution in [2.45, 2.75) is 79.3 Å². The number of imide groups is 1. The first-order valence-electron chi connectivity index (χ1n) is 16.5. The van der Waals surface area contributed by atoms with E-state index in [1.54, 1.807) is 76.2 Å². The lowest BCUT2D eigenvalue weighted by Gasteiger charge is -2.29. The van der Waals surface area contributed by atoms with Gasteiger partial charge in [0.05, 0.1) is 17.3 Å². The van der Waals surface area contributed by atoms with Gasteiger partial charge >= 0.3 is 6.03 Å². The highest BCUT2D eigenvalue weighted by Gasteiger charge is 2.54. The monoisotopic (exact) mass is 702 g/mol. The topological polar surface area (TPSA) is 134 Å². The van der Waals surface area contributed by atoms with Gasteiger partial charge in [0.15, 0.2) is 17.9 Å². The largest absolute Gasteiger partial charge is 0.480 e. The van der Waals surface area contributed by atoms with E-state index in [0.29, 0.717) is 29.1 Å². The molecule has 0 spiro atoms. The van der Waals surface area contributed by atoms with Crippen molar-refractivity contribution in [3.8, 4) is 5.75 Å². The maximum absolute atomic E-state index is 14.0. The van der Waals surface area contributed by atoms with E-state index >= 15 is 0 Å². The molecule has 0 bridgehead atoms. The zero-order valence-corrected chi connectivity index (χ0v) is 29.9. The molecule has 1 aliphatic rings. The number of benzene rings is 3. The zero-order valence-electron chi connectivity index (χ0n) is 29.1. The van der Waals surface area contributed by atoms with Crippen molar-refractivity contribution in [2.24, 2.45) is 5.41 Å². The van der Waals surface area contributed by atoms with Crippen molar-refractivity contribution in [1.82, 2.24) is 9.80 Å². The smallest absolute Gasteiger partial charge is 0.330 e.